The first-order valence-electron chi connectivity index (χ1n) is 9.72. The number of hydrogen-bond acceptors (Lipinski definition) is 6. The van der Waals surface area contributed by atoms with Crippen molar-refractivity contribution in [3.8, 4) is 11.5 Å². The quantitative estimate of drug-likeness (QED) is 0.451. The number of pyridine rings is 2. The highest BCUT2D eigenvalue weighted by Crippen LogP contribution is 2.26. The second-order valence-corrected chi connectivity index (χ2v) is 6.23. The molecule has 1 amide bonds. The van der Waals surface area contributed by atoms with Crippen molar-refractivity contribution >= 4 is 28.7 Å². The Hall–Kier alpha value is -4.02. The van der Waals surface area contributed by atoms with Crippen molar-refractivity contribution in [3.05, 3.63) is 60.3 Å². The van der Waals surface area contributed by atoms with Gasteiger partial charge in [-0.15, -0.1) is 5.10 Å². The molecule has 4 aromatic heterocycles. The van der Waals surface area contributed by atoms with Gasteiger partial charge < -0.3 is 10.6 Å². The predicted octanol–water partition coefficient (Wildman–Crippen LogP) is 4.99. The molecule has 0 aliphatic rings. The third-order valence-corrected chi connectivity index (χ3v) is 4.03. The van der Waals surface area contributed by atoms with E-state index in [-0.39, 0.29) is 34.7 Å². The molecule has 11 heteroatoms. The van der Waals surface area contributed by atoms with Crippen LogP contribution >= 0.6 is 0 Å². The summed E-state index contributed by atoms with van der Waals surface area (Å²) in [6.45, 7) is 5.31. The highest BCUT2D eigenvalue weighted by Gasteiger charge is 2.15. The Kier molecular flexibility index (Phi) is 6.98. The van der Waals surface area contributed by atoms with Crippen molar-refractivity contribution in [2.45, 2.75) is 27.2 Å². The Morgan fingerprint density at radius 2 is 1.91 bits per heavy atom. The van der Waals surface area contributed by atoms with E-state index in [0.29, 0.717) is 5.52 Å². The minimum Gasteiger partial charge on any atom is -0.336 e. The monoisotopic (exact) mass is 443 g/mol. The third-order valence-electron chi connectivity index (χ3n) is 4.03. The summed E-state index contributed by atoms with van der Waals surface area (Å²) in [6, 6.07) is 8.85. The van der Waals surface area contributed by atoms with Gasteiger partial charge in [0.05, 0.1) is 11.9 Å². The van der Waals surface area contributed by atoms with Gasteiger partial charge in [-0.25, -0.2) is 32.6 Å². The van der Waals surface area contributed by atoms with Crippen LogP contribution in [0.3, 0.4) is 0 Å². The average Bonchev–Trinajstić information content (AvgIpc) is 3.26. The molecule has 4 rings (SSSR count). The number of nitrogens with zero attached hydrogens (tertiary/aromatic N) is 5. The Morgan fingerprint density at radius 3 is 2.62 bits per heavy atom. The van der Waals surface area contributed by atoms with Crippen molar-refractivity contribution < 1.29 is 18.0 Å². The minimum absolute atomic E-state index is 0.00999. The maximum Gasteiger partial charge on any atom is 0.280 e. The van der Waals surface area contributed by atoms with E-state index in [4.69, 9.17) is 0 Å². The number of aromatic nitrogens is 5. The molecule has 4 aromatic rings. The van der Waals surface area contributed by atoms with Crippen molar-refractivity contribution in [2.24, 2.45) is 0 Å². The number of alkyl halides is 2. The van der Waals surface area contributed by atoms with Crippen LogP contribution in [0.25, 0.3) is 17.0 Å². The summed E-state index contributed by atoms with van der Waals surface area (Å²) in [6.07, 6.45) is -0.150. The van der Waals surface area contributed by atoms with Crippen LogP contribution in [0.1, 0.15) is 32.9 Å². The van der Waals surface area contributed by atoms with Crippen LogP contribution in [0.15, 0.2) is 48.8 Å². The van der Waals surface area contributed by atoms with E-state index in [1.54, 1.807) is 18.3 Å². The molecular weight excluding hydrogens is 423 g/mol. The summed E-state index contributed by atoms with van der Waals surface area (Å²) in [7, 11) is 0. The number of hydrogen-bond donors (Lipinski definition) is 2. The molecule has 0 atom stereocenters. The molecule has 0 aliphatic carbocycles. The summed E-state index contributed by atoms with van der Waals surface area (Å²) in [5.74, 6) is -0.595. The van der Waals surface area contributed by atoms with Crippen LogP contribution in [0.2, 0.25) is 0 Å². The van der Waals surface area contributed by atoms with Crippen LogP contribution in [0.4, 0.5) is 30.5 Å². The number of fused-ring (bicyclic) bond motifs is 1. The molecule has 0 fully saturated rings. The van der Waals surface area contributed by atoms with Gasteiger partial charge in [-0.1, -0.05) is 19.9 Å². The summed E-state index contributed by atoms with van der Waals surface area (Å²) in [4.78, 5) is 23.3. The number of amides is 1. The van der Waals surface area contributed by atoms with E-state index in [1.165, 1.54) is 35.7 Å². The fourth-order valence-electron chi connectivity index (χ4n) is 2.74. The van der Waals surface area contributed by atoms with Gasteiger partial charge in [0, 0.05) is 19.2 Å². The summed E-state index contributed by atoms with van der Waals surface area (Å²) in [5.41, 5.74) is 0.260. The number of nitrogens with one attached hydrogen (secondary N) is 2. The average molecular weight is 443 g/mol. The normalized spacial score (nSPS) is 10.6. The molecule has 166 valence electrons. The number of carbonyl (C=O) groups excluding carboxylic acids is 1. The summed E-state index contributed by atoms with van der Waals surface area (Å²) < 4.78 is 41.8. The molecule has 4 heterocycles. The van der Waals surface area contributed by atoms with E-state index in [0.717, 1.165) is 6.20 Å². The zero-order valence-corrected chi connectivity index (χ0v) is 17.5. The fourth-order valence-corrected chi connectivity index (χ4v) is 2.74. The topological polar surface area (TPSA) is 97.1 Å². The fraction of sp³-hybridized carbons (Fsp3) is 0.190. The number of rotatable bonds is 5. The molecule has 32 heavy (non-hydrogen) atoms. The molecule has 0 saturated heterocycles. The lowest BCUT2D eigenvalue weighted by molar-refractivity contribution is -0.114. The van der Waals surface area contributed by atoms with Crippen molar-refractivity contribution in [3.63, 3.8) is 0 Å². The number of halogens is 3. The first kappa shape index (κ1) is 22.7. The van der Waals surface area contributed by atoms with Gasteiger partial charge in [-0.3, -0.25) is 4.79 Å². The number of anilines is 3. The molecule has 0 aromatic carbocycles. The molecule has 0 bridgehead atoms. The van der Waals surface area contributed by atoms with Crippen LogP contribution in [-0.2, 0) is 4.79 Å². The van der Waals surface area contributed by atoms with E-state index >= 15 is 0 Å². The third kappa shape index (κ3) is 4.99. The molecule has 0 unspecified atom stereocenters. The van der Waals surface area contributed by atoms with Gasteiger partial charge in [0.15, 0.2) is 11.6 Å². The predicted molar refractivity (Wildman–Crippen MR) is 114 cm³/mol. The maximum absolute atomic E-state index is 14.3. The molecule has 2 N–H and O–H groups in total. The van der Waals surface area contributed by atoms with E-state index in [2.05, 4.69) is 30.7 Å². The first-order valence-corrected chi connectivity index (χ1v) is 9.72. The van der Waals surface area contributed by atoms with Crippen LogP contribution in [-0.4, -0.2) is 30.5 Å². The second-order valence-electron chi connectivity index (χ2n) is 6.23. The molecule has 0 aliphatic heterocycles. The van der Waals surface area contributed by atoms with E-state index < -0.39 is 17.9 Å². The van der Waals surface area contributed by atoms with Crippen molar-refractivity contribution in [1.29, 1.82) is 0 Å². The van der Waals surface area contributed by atoms with Crippen LogP contribution < -0.4 is 10.6 Å². The van der Waals surface area contributed by atoms with Crippen LogP contribution in [0, 0.1) is 5.82 Å². The Morgan fingerprint density at radius 1 is 1.12 bits per heavy atom. The molecule has 8 nitrogen and oxygen atoms in total. The van der Waals surface area contributed by atoms with Gasteiger partial charge in [0.2, 0.25) is 11.7 Å². The summed E-state index contributed by atoms with van der Waals surface area (Å²) >= 11 is 0. The largest absolute Gasteiger partial charge is 0.336 e. The Bertz CT molecular complexity index is 1240. The lowest BCUT2D eigenvalue weighted by atomic mass is 10.3. The first-order chi connectivity index (χ1) is 15.4. The van der Waals surface area contributed by atoms with E-state index in [1.807, 2.05) is 13.8 Å². The van der Waals surface area contributed by atoms with Crippen molar-refractivity contribution in [2.75, 3.05) is 10.6 Å². The SMILES string of the molecule is CC.CC(=O)Nc1cc(Nc2nc(-c3cccc(C(F)F)n3)nn3cccc23)c(F)cn1. The molecular formula is C21H20F3N7O. The standard InChI is InChI=1S/C19H14F3N7O.C2H6/c1-10(30)24-16-8-14(11(20)9-23-16)26-19-15-6-3-7-29(15)28-18(27-19)13-5-2-4-12(25-13)17(21)22;1-2/h2-9,17H,1H3,(H2,23,24,26,27,28,30);1-2H3. The lowest BCUT2D eigenvalue weighted by Crippen LogP contribution is -2.09. The van der Waals surface area contributed by atoms with Gasteiger partial charge in [-0.05, 0) is 24.3 Å². The highest BCUT2D eigenvalue weighted by molar-refractivity contribution is 5.88. The number of carbonyl (C=O) groups is 1. The van der Waals surface area contributed by atoms with Gasteiger partial charge in [0.25, 0.3) is 6.43 Å². The smallest absolute Gasteiger partial charge is 0.280 e. The van der Waals surface area contributed by atoms with E-state index in [9.17, 15) is 18.0 Å². The molecule has 0 radical (unpaired) electrons. The minimum atomic E-state index is -2.74. The Labute approximate surface area is 181 Å². The highest BCUT2D eigenvalue weighted by atomic mass is 19.3. The molecule has 0 spiro atoms. The van der Waals surface area contributed by atoms with Gasteiger partial charge in [-0.2, -0.15) is 0 Å². The second kappa shape index (κ2) is 9.86. The van der Waals surface area contributed by atoms with Crippen molar-refractivity contribution in [1.82, 2.24) is 24.6 Å². The Balaban J connectivity index is 0.00000141. The van der Waals surface area contributed by atoms with Gasteiger partial charge >= 0.3 is 0 Å². The lowest BCUT2D eigenvalue weighted by Gasteiger charge is -2.12. The van der Waals surface area contributed by atoms with Crippen LogP contribution in [0.5, 0.6) is 0 Å². The summed E-state index contributed by atoms with van der Waals surface area (Å²) in [5, 5.41) is 9.60. The maximum atomic E-state index is 14.3. The zero-order valence-electron chi connectivity index (χ0n) is 17.5. The van der Waals surface area contributed by atoms with Gasteiger partial charge in [0.1, 0.15) is 22.7 Å². The molecule has 0 saturated carbocycles. The zero-order chi connectivity index (χ0) is 23.3.